The summed E-state index contributed by atoms with van der Waals surface area (Å²) in [5.41, 5.74) is -0.330. The molecule has 0 radical (unpaired) electrons. The highest BCUT2D eigenvalue weighted by Gasteiger charge is 2.54. The van der Waals surface area contributed by atoms with Crippen molar-refractivity contribution in [2.24, 2.45) is 0 Å². The van der Waals surface area contributed by atoms with Crippen molar-refractivity contribution in [3.63, 3.8) is 0 Å². The summed E-state index contributed by atoms with van der Waals surface area (Å²) in [5.74, 6) is -3.84. The summed E-state index contributed by atoms with van der Waals surface area (Å²) in [4.78, 5) is 67.6. The van der Waals surface area contributed by atoms with E-state index in [0.717, 1.165) is 11.8 Å². The Labute approximate surface area is 303 Å². The van der Waals surface area contributed by atoms with Gasteiger partial charge in [0.25, 0.3) is 0 Å². The Morgan fingerprint density at radius 3 is 1.08 bits per heavy atom. The van der Waals surface area contributed by atoms with Crippen molar-refractivity contribution < 1.29 is 47.7 Å². The Morgan fingerprint density at radius 2 is 0.692 bits per heavy atom. The van der Waals surface area contributed by atoms with Crippen LogP contribution in [-0.4, -0.2) is 65.5 Å². The third kappa shape index (κ3) is 8.93. The predicted molar refractivity (Wildman–Crippen MR) is 191 cm³/mol. The number of hydrogen-bond donors (Lipinski definition) is 0. The van der Waals surface area contributed by atoms with E-state index in [4.69, 9.17) is 23.7 Å². The van der Waals surface area contributed by atoms with Gasteiger partial charge in [0.1, 0.15) is 6.61 Å². The quantitative estimate of drug-likeness (QED) is 0.105. The number of ether oxygens (including phenoxy) is 5. The first-order valence-electron chi connectivity index (χ1n) is 16.3. The van der Waals surface area contributed by atoms with Crippen molar-refractivity contribution in [3.8, 4) is 0 Å². The van der Waals surface area contributed by atoms with Crippen molar-refractivity contribution in [1.82, 2.24) is 0 Å². The SMILES string of the molecule is O=C(OC[C@H]1S[C@@H](OC(=O)c2ccccc2)[C@H](OC(=O)c2ccccc2)[C@@H](OC(=O)c2ccccc2)[C@@H]1OC(=O)c1ccccc1)c1ccccc1. The largest absolute Gasteiger partial charge is 0.461 e. The topological polar surface area (TPSA) is 132 Å². The minimum Gasteiger partial charge on any atom is -0.461 e. The van der Waals surface area contributed by atoms with Crippen molar-refractivity contribution in [2.75, 3.05) is 6.61 Å². The molecule has 0 aliphatic carbocycles. The van der Waals surface area contributed by atoms with Gasteiger partial charge in [-0.25, -0.2) is 24.0 Å². The molecule has 0 N–H and O–H groups in total. The van der Waals surface area contributed by atoms with Crippen LogP contribution in [0.2, 0.25) is 0 Å². The molecular weight excluding hydrogens is 685 g/mol. The smallest absolute Gasteiger partial charge is 0.339 e. The summed E-state index contributed by atoms with van der Waals surface area (Å²) < 4.78 is 29.9. The van der Waals surface area contributed by atoms with Crippen molar-refractivity contribution in [2.45, 2.75) is 29.0 Å². The third-order valence-corrected chi connectivity index (χ3v) is 9.36. The van der Waals surface area contributed by atoms with E-state index < -0.39 is 58.8 Å². The molecule has 1 aliphatic rings. The molecule has 0 spiro atoms. The molecule has 1 fully saturated rings. The van der Waals surface area contributed by atoms with Crippen LogP contribution in [0.1, 0.15) is 51.8 Å². The number of benzene rings is 5. The van der Waals surface area contributed by atoms with E-state index in [-0.39, 0.29) is 34.4 Å². The normalized spacial score (nSPS) is 19.3. The number of esters is 5. The minimum atomic E-state index is -1.55. The molecule has 10 nitrogen and oxygen atoms in total. The van der Waals surface area contributed by atoms with Crippen LogP contribution in [0.3, 0.4) is 0 Å². The lowest BCUT2D eigenvalue weighted by molar-refractivity contribution is -0.116. The first-order chi connectivity index (χ1) is 25.4. The molecule has 1 aliphatic heterocycles. The second-order valence-corrected chi connectivity index (χ2v) is 12.8. The molecule has 0 bridgehead atoms. The lowest BCUT2D eigenvalue weighted by Crippen LogP contribution is -2.59. The van der Waals surface area contributed by atoms with E-state index >= 15 is 0 Å². The van der Waals surface area contributed by atoms with Gasteiger partial charge in [-0.15, -0.1) is 11.8 Å². The molecule has 5 atom stereocenters. The maximum atomic E-state index is 13.7. The van der Waals surface area contributed by atoms with Crippen LogP contribution in [0.5, 0.6) is 0 Å². The molecule has 5 aromatic rings. The second kappa shape index (κ2) is 17.1. The number of carbonyl (C=O) groups is 5. The molecule has 0 saturated carbocycles. The van der Waals surface area contributed by atoms with Crippen LogP contribution in [0.25, 0.3) is 0 Å². The average Bonchev–Trinajstić information content (AvgIpc) is 3.20. The highest BCUT2D eigenvalue weighted by Crippen LogP contribution is 2.40. The first kappa shape index (κ1) is 35.6. The summed E-state index contributed by atoms with van der Waals surface area (Å²) in [7, 11) is 0. The van der Waals surface area contributed by atoms with Gasteiger partial charge < -0.3 is 23.7 Å². The highest BCUT2D eigenvalue weighted by molar-refractivity contribution is 8.00. The maximum Gasteiger partial charge on any atom is 0.339 e. The number of rotatable bonds is 11. The average molecular weight is 717 g/mol. The molecule has 0 unspecified atom stereocenters. The molecule has 262 valence electrons. The van der Waals surface area contributed by atoms with Gasteiger partial charge >= 0.3 is 29.8 Å². The number of thioether (sulfide) groups is 1. The molecule has 1 saturated heterocycles. The van der Waals surface area contributed by atoms with Crippen LogP contribution in [0.15, 0.2) is 152 Å². The standard InChI is InChI=1S/C41H32O10S/c42-36(27-16-6-1-7-17-27)47-26-32-33(48-37(43)28-18-8-2-9-19-28)34(49-38(44)29-20-10-3-11-21-29)35(50-39(45)30-22-12-4-13-23-30)41(52-32)51-40(46)31-24-14-5-15-25-31/h1-25,32-35,41H,26H2/t32-,33-,34+,35-,41-/m1/s1. The summed E-state index contributed by atoms with van der Waals surface area (Å²) in [6.45, 7) is -0.372. The van der Waals surface area contributed by atoms with Gasteiger partial charge in [-0.1, -0.05) is 91.0 Å². The maximum absolute atomic E-state index is 13.7. The first-order valence-corrected chi connectivity index (χ1v) is 17.2. The Hall–Kier alpha value is -6.20. The van der Waals surface area contributed by atoms with E-state index in [1.165, 1.54) is 24.3 Å². The minimum absolute atomic E-state index is 0.159. The van der Waals surface area contributed by atoms with Crippen LogP contribution < -0.4 is 0 Å². The summed E-state index contributed by atoms with van der Waals surface area (Å²) in [6.07, 6.45) is -4.44. The zero-order valence-corrected chi connectivity index (χ0v) is 28.3. The van der Waals surface area contributed by atoms with E-state index in [1.807, 2.05) is 0 Å². The van der Waals surface area contributed by atoms with E-state index in [1.54, 1.807) is 127 Å². The zero-order valence-electron chi connectivity index (χ0n) is 27.5. The lowest BCUT2D eigenvalue weighted by Gasteiger charge is -2.43. The van der Waals surface area contributed by atoms with Gasteiger partial charge in [0.15, 0.2) is 23.7 Å². The molecule has 0 aromatic heterocycles. The Kier molecular flexibility index (Phi) is 11.7. The molecular formula is C41H32O10S. The van der Waals surface area contributed by atoms with Gasteiger partial charge in [-0.05, 0) is 60.7 Å². The van der Waals surface area contributed by atoms with E-state index in [0.29, 0.717) is 0 Å². The third-order valence-electron chi connectivity index (χ3n) is 7.97. The number of carbonyl (C=O) groups excluding carboxylic acids is 5. The van der Waals surface area contributed by atoms with Crippen LogP contribution in [0.4, 0.5) is 0 Å². The fourth-order valence-electron chi connectivity index (χ4n) is 5.37. The van der Waals surface area contributed by atoms with Gasteiger partial charge in [-0.3, -0.25) is 0 Å². The lowest BCUT2D eigenvalue weighted by atomic mass is 10.0. The fraction of sp³-hybridized carbons (Fsp3) is 0.146. The number of hydrogen-bond acceptors (Lipinski definition) is 11. The summed E-state index contributed by atoms with van der Waals surface area (Å²) in [6, 6.07) is 40.7. The van der Waals surface area contributed by atoms with Crippen LogP contribution in [-0.2, 0) is 23.7 Å². The van der Waals surface area contributed by atoms with E-state index in [9.17, 15) is 24.0 Å². The summed E-state index contributed by atoms with van der Waals surface area (Å²) >= 11 is 0.943. The Bertz CT molecular complexity index is 1980. The zero-order chi connectivity index (χ0) is 36.3. The molecule has 52 heavy (non-hydrogen) atoms. The van der Waals surface area contributed by atoms with Crippen molar-refractivity contribution in [3.05, 3.63) is 179 Å². The molecule has 5 aromatic carbocycles. The monoisotopic (exact) mass is 716 g/mol. The van der Waals surface area contributed by atoms with Gasteiger partial charge in [0, 0.05) is 0 Å². The van der Waals surface area contributed by atoms with Gasteiger partial charge in [0.2, 0.25) is 0 Å². The van der Waals surface area contributed by atoms with Crippen LogP contribution in [0, 0.1) is 0 Å². The molecule has 6 rings (SSSR count). The van der Waals surface area contributed by atoms with Crippen molar-refractivity contribution in [1.29, 1.82) is 0 Å². The van der Waals surface area contributed by atoms with Gasteiger partial charge in [-0.2, -0.15) is 0 Å². The fourth-order valence-corrected chi connectivity index (χ4v) is 6.73. The summed E-state index contributed by atoms with van der Waals surface area (Å²) in [5, 5.41) is -0.992. The highest BCUT2D eigenvalue weighted by atomic mass is 32.2. The molecule has 0 amide bonds. The Morgan fingerprint density at radius 1 is 0.385 bits per heavy atom. The van der Waals surface area contributed by atoms with Gasteiger partial charge in [0.05, 0.1) is 33.1 Å². The van der Waals surface area contributed by atoms with E-state index in [2.05, 4.69) is 0 Å². The van der Waals surface area contributed by atoms with Crippen LogP contribution >= 0.6 is 11.8 Å². The predicted octanol–water partition coefficient (Wildman–Crippen LogP) is 6.82. The molecule has 1 heterocycles. The Balaban J connectivity index is 1.41. The van der Waals surface area contributed by atoms with Crippen molar-refractivity contribution >= 4 is 41.6 Å². The second-order valence-electron chi connectivity index (χ2n) is 11.5. The molecule has 11 heteroatoms.